The number of benzene rings is 7. The monoisotopic (exact) mass is 726 g/mol. The molecule has 2 nitrogen and oxygen atoms in total. The Morgan fingerprint density at radius 3 is 1.59 bits per heavy atom. The van der Waals surface area contributed by atoms with Crippen molar-refractivity contribution < 1.29 is 8.83 Å². The number of hydrogen-bond donors (Lipinski definition) is 0. The summed E-state index contributed by atoms with van der Waals surface area (Å²) in [4.78, 5) is 0. The Morgan fingerprint density at radius 1 is 0.536 bits per heavy atom. The average molecular weight is 727 g/mol. The van der Waals surface area contributed by atoms with Crippen LogP contribution in [0.4, 0.5) is 0 Å². The summed E-state index contributed by atoms with van der Waals surface area (Å²) in [6.45, 7) is 10.3. The summed E-state index contributed by atoms with van der Waals surface area (Å²) in [6.07, 6.45) is 7.74. The second-order valence-corrected chi connectivity index (χ2v) is 14.4. The normalized spacial score (nSPS) is 12.0. The lowest BCUT2D eigenvalue weighted by Crippen LogP contribution is -1.90. The molecular formula is C54H46O2. The number of fused-ring (bicyclic) bond motifs is 7. The molecule has 0 bridgehead atoms. The highest BCUT2D eigenvalue weighted by molar-refractivity contribution is 6.23. The van der Waals surface area contributed by atoms with E-state index in [2.05, 4.69) is 178 Å². The highest BCUT2D eigenvalue weighted by Gasteiger charge is 2.22. The van der Waals surface area contributed by atoms with Crippen LogP contribution < -0.4 is 0 Å². The molecule has 0 aliphatic rings. The maximum Gasteiger partial charge on any atom is 0.179 e. The summed E-state index contributed by atoms with van der Waals surface area (Å²) in [5.41, 5.74) is 15.3. The standard InChI is InChI=1S/C45H36O2.C9H10/c1-3-14-33(30-16-8-5-9-17-30)26-36(15-4-2)37-29-39-38-27-34(31-18-10-6-11-19-31)22-24-41(38)46-44(39)45-43(37)40-28-35(23-25-42(40)47-45)32-20-12-7-13-21-32;1-8(2)9-6-4-3-5-7-9/h5-13,15-29H,3-4,14H2,1-2H3;3-7H,1H2,2H3/b33-26+,36-15-;. The molecule has 0 saturated heterocycles. The number of allylic oxidation sites excluding steroid dienone is 5. The van der Waals surface area contributed by atoms with E-state index in [-0.39, 0.29) is 0 Å². The Hall–Kier alpha value is -6.64. The van der Waals surface area contributed by atoms with Gasteiger partial charge in [0.1, 0.15) is 11.2 Å². The zero-order chi connectivity index (χ0) is 38.4. The maximum atomic E-state index is 6.77. The van der Waals surface area contributed by atoms with E-state index < -0.39 is 0 Å². The Morgan fingerprint density at radius 2 is 1.05 bits per heavy atom. The van der Waals surface area contributed by atoms with Gasteiger partial charge in [0.05, 0.1) is 0 Å². The molecule has 2 heterocycles. The number of furan rings is 2. The van der Waals surface area contributed by atoms with E-state index in [9.17, 15) is 0 Å². The van der Waals surface area contributed by atoms with Gasteiger partial charge in [-0.2, -0.15) is 0 Å². The van der Waals surface area contributed by atoms with Gasteiger partial charge in [0.25, 0.3) is 0 Å². The van der Waals surface area contributed by atoms with Crippen LogP contribution in [0.3, 0.4) is 0 Å². The van der Waals surface area contributed by atoms with Crippen LogP contribution in [-0.4, -0.2) is 0 Å². The summed E-state index contributed by atoms with van der Waals surface area (Å²) in [5.74, 6) is 0. The third-order valence-corrected chi connectivity index (χ3v) is 10.4. The molecule has 2 heteroatoms. The number of hydrogen-bond acceptors (Lipinski definition) is 2. The highest BCUT2D eigenvalue weighted by atomic mass is 16.4. The van der Waals surface area contributed by atoms with Crippen LogP contribution in [0.5, 0.6) is 0 Å². The first-order chi connectivity index (χ1) is 27.5. The first-order valence-electron chi connectivity index (χ1n) is 19.7. The molecule has 0 aliphatic carbocycles. The van der Waals surface area contributed by atoms with Crippen molar-refractivity contribution in [2.75, 3.05) is 0 Å². The largest absolute Gasteiger partial charge is 0.452 e. The Balaban J connectivity index is 0.000000433. The molecule has 9 rings (SSSR count). The lowest BCUT2D eigenvalue weighted by atomic mass is 9.91. The predicted octanol–water partition coefficient (Wildman–Crippen LogP) is 16.2. The smallest absolute Gasteiger partial charge is 0.179 e. The highest BCUT2D eigenvalue weighted by Crippen LogP contribution is 2.45. The fourth-order valence-electron chi connectivity index (χ4n) is 7.62. The van der Waals surface area contributed by atoms with Crippen LogP contribution in [0.25, 0.3) is 82.9 Å². The minimum atomic E-state index is 0.790. The quantitative estimate of drug-likeness (QED) is 0.138. The van der Waals surface area contributed by atoms with Crippen molar-refractivity contribution in [3.63, 3.8) is 0 Å². The van der Waals surface area contributed by atoms with Crippen molar-refractivity contribution in [2.24, 2.45) is 0 Å². The van der Waals surface area contributed by atoms with E-state index in [1.54, 1.807) is 0 Å². The van der Waals surface area contributed by atoms with Crippen LogP contribution >= 0.6 is 0 Å². The van der Waals surface area contributed by atoms with Crippen molar-refractivity contribution in [3.05, 3.63) is 199 Å². The van der Waals surface area contributed by atoms with Crippen molar-refractivity contribution in [1.29, 1.82) is 0 Å². The van der Waals surface area contributed by atoms with Crippen molar-refractivity contribution in [1.82, 2.24) is 0 Å². The predicted molar refractivity (Wildman–Crippen MR) is 241 cm³/mol. The molecule has 0 fully saturated rings. The van der Waals surface area contributed by atoms with E-state index in [1.807, 2.05) is 25.1 Å². The van der Waals surface area contributed by atoms with Crippen LogP contribution in [0.15, 0.2) is 191 Å². The lowest BCUT2D eigenvalue weighted by Gasteiger charge is -2.12. The lowest BCUT2D eigenvalue weighted by molar-refractivity contribution is 0.633. The Labute approximate surface area is 329 Å². The molecule has 9 aromatic rings. The van der Waals surface area contributed by atoms with Gasteiger partial charge in [-0.3, -0.25) is 0 Å². The van der Waals surface area contributed by atoms with Crippen LogP contribution in [-0.2, 0) is 0 Å². The van der Waals surface area contributed by atoms with Gasteiger partial charge in [0.2, 0.25) is 0 Å². The first kappa shape index (κ1) is 36.3. The summed E-state index contributed by atoms with van der Waals surface area (Å²) < 4.78 is 13.4. The van der Waals surface area contributed by atoms with Gasteiger partial charge in [-0.25, -0.2) is 0 Å². The fraction of sp³-hybridized carbons (Fsp3) is 0.111. The second-order valence-electron chi connectivity index (χ2n) is 14.4. The van der Waals surface area contributed by atoms with Crippen LogP contribution in [0, 0.1) is 0 Å². The molecule has 0 atom stereocenters. The van der Waals surface area contributed by atoms with E-state index in [0.29, 0.717) is 0 Å². The molecule has 0 radical (unpaired) electrons. The third-order valence-electron chi connectivity index (χ3n) is 10.4. The van der Waals surface area contributed by atoms with Crippen LogP contribution in [0.1, 0.15) is 56.7 Å². The van der Waals surface area contributed by atoms with E-state index in [4.69, 9.17) is 8.83 Å². The SMILES string of the molecule is C=C(C)c1ccccc1.CC/C=C(/C=C(\CCC)c1ccccc1)c1cc2c3cc(-c4ccccc4)ccc3oc2c2oc3ccc(-c4ccccc4)cc3c12. The van der Waals surface area contributed by atoms with Gasteiger partial charge in [-0.05, 0) is 100 Å². The zero-order valence-corrected chi connectivity index (χ0v) is 32.4. The molecular weight excluding hydrogens is 681 g/mol. The zero-order valence-electron chi connectivity index (χ0n) is 32.4. The van der Waals surface area contributed by atoms with E-state index in [0.717, 1.165) is 85.4 Å². The van der Waals surface area contributed by atoms with Gasteiger partial charge >= 0.3 is 0 Å². The summed E-state index contributed by atoms with van der Waals surface area (Å²) in [5, 5.41) is 4.34. The molecule has 0 saturated carbocycles. The summed E-state index contributed by atoms with van der Waals surface area (Å²) >= 11 is 0. The van der Waals surface area contributed by atoms with Crippen LogP contribution in [0.2, 0.25) is 0 Å². The molecule has 2 aromatic heterocycles. The van der Waals surface area contributed by atoms with E-state index >= 15 is 0 Å². The molecule has 0 aliphatic heterocycles. The average Bonchev–Trinajstić information content (AvgIpc) is 3.83. The van der Waals surface area contributed by atoms with Crippen molar-refractivity contribution >= 4 is 60.6 Å². The Kier molecular flexibility index (Phi) is 10.6. The second kappa shape index (κ2) is 16.4. The first-order valence-corrected chi connectivity index (χ1v) is 19.7. The topological polar surface area (TPSA) is 26.3 Å². The molecule has 274 valence electrons. The number of rotatable bonds is 9. The molecule has 0 unspecified atom stereocenters. The van der Waals surface area contributed by atoms with E-state index in [1.165, 1.54) is 33.4 Å². The Bertz CT molecular complexity index is 2830. The van der Waals surface area contributed by atoms with Gasteiger partial charge in [-0.15, -0.1) is 0 Å². The third kappa shape index (κ3) is 7.39. The molecule has 0 spiro atoms. The van der Waals surface area contributed by atoms with Gasteiger partial charge in [-0.1, -0.05) is 178 Å². The molecule has 7 aromatic carbocycles. The van der Waals surface area contributed by atoms with Gasteiger partial charge < -0.3 is 8.83 Å². The minimum absolute atomic E-state index is 0.790. The van der Waals surface area contributed by atoms with Crippen molar-refractivity contribution in [3.8, 4) is 22.3 Å². The summed E-state index contributed by atoms with van der Waals surface area (Å²) in [7, 11) is 0. The van der Waals surface area contributed by atoms with Gasteiger partial charge in [0, 0.05) is 21.5 Å². The molecule has 0 amide bonds. The minimum Gasteiger partial charge on any atom is -0.452 e. The molecule has 0 N–H and O–H groups in total. The van der Waals surface area contributed by atoms with Gasteiger partial charge in [0.15, 0.2) is 11.2 Å². The van der Waals surface area contributed by atoms with Crippen molar-refractivity contribution in [2.45, 2.75) is 40.0 Å². The maximum absolute atomic E-state index is 6.77. The fourth-order valence-corrected chi connectivity index (χ4v) is 7.62. The molecule has 56 heavy (non-hydrogen) atoms. The summed E-state index contributed by atoms with van der Waals surface area (Å²) in [6, 6.07) is 57.4.